The first-order valence-corrected chi connectivity index (χ1v) is 11.1. The lowest BCUT2D eigenvalue weighted by atomic mass is 10.2. The van der Waals surface area contributed by atoms with Crippen molar-refractivity contribution in [1.29, 1.82) is 0 Å². The number of hydrogen-bond acceptors (Lipinski definition) is 6. The van der Waals surface area contributed by atoms with E-state index in [2.05, 4.69) is 29.5 Å². The van der Waals surface area contributed by atoms with Gasteiger partial charge in [-0.25, -0.2) is 4.98 Å². The third-order valence-corrected chi connectivity index (χ3v) is 5.92. The SMILES string of the molecule is CSSC(C)(C)CNC=O.Cc1cc(NC=O)cn1C.Cc1cccc(N)n1. The van der Waals surface area contributed by atoms with Gasteiger partial charge >= 0.3 is 0 Å². The molecule has 0 spiro atoms. The number of anilines is 2. The van der Waals surface area contributed by atoms with Gasteiger partial charge < -0.3 is 20.9 Å². The van der Waals surface area contributed by atoms with E-state index in [9.17, 15) is 9.59 Å². The highest BCUT2D eigenvalue weighted by Crippen LogP contribution is 2.32. The number of amides is 2. The van der Waals surface area contributed by atoms with E-state index in [1.165, 1.54) is 0 Å². The number of aromatic nitrogens is 2. The van der Waals surface area contributed by atoms with Gasteiger partial charge in [-0.1, -0.05) is 27.7 Å². The lowest BCUT2D eigenvalue weighted by Gasteiger charge is -2.21. The lowest BCUT2D eigenvalue weighted by molar-refractivity contribution is -0.109. The molecular weight excluding hydrogens is 394 g/mol. The molecule has 156 valence electrons. The van der Waals surface area contributed by atoms with Crippen LogP contribution in [0.5, 0.6) is 0 Å². The second kappa shape index (κ2) is 14.0. The molecular formula is C19H31N5O2S2. The van der Waals surface area contributed by atoms with Crippen molar-refractivity contribution in [3.63, 3.8) is 0 Å². The first-order chi connectivity index (χ1) is 13.1. The molecule has 0 unspecified atom stereocenters. The highest BCUT2D eigenvalue weighted by atomic mass is 33.1. The largest absolute Gasteiger partial charge is 0.384 e. The molecule has 0 aliphatic heterocycles. The first-order valence-electron chi connectivity index (χ1n) is 8.56. The van der Waals surface area contributed by atoms with Gasteiger partial charge in [0.25, 0.3) is 0 Å². The predicted molar refractivity (Wildman–Crippen MR) is 122 cm³/mol. The maximum absolute atomic E-state index is 9.97. The van der Waals surface area contributed by atoms with Crippen LogP contribution in [0.25, 0.3) is 0 Å². The van der Waals surface area contributed by atoms with Crippen molar-refractivity contribution in [2.24, 2.45) is 7.05 Å². The minimum absolute atomic E-state index is 0.139. The van der Waals surface area contributed by atoms with Crippen LogP contribution in [0, 0.1) is 13.8 Å². The zero-order valence-electron chi connectivity index (χ0n) is 17.4. The van der Waals surface area contributed by atoms with Crippen LogP contribution < -0.4 is 16.4 Å². The smallest absolute Gasteiger partial charge is 0.211 e. The molecule has 0 radical (unpaired) electrons. The van der Waals surface area contributed by atoms with Gasteiger partial charge in [0, 0.05) is 35.9 Å². The summed E-state index contributed by atoms with van der Waals surface area (Å²) in [4.78, 5) is 23.9. The summed E-state index contributed by atoms with van der Waals surface area (Å²) in [6.45, 7) is 8.82. The van der Waals surface area contributed by atoms with Crippen LogP contribution in [0.2, 0.25) is 0 Å². The van der Waals surface area contributed by atoms with Crippen LogP contribution in [-0.2, 0) is 16.6 Å². The molecule has 0 saturated heterocycles. The summed E-state index contributed by atoms with van der Waals surface area (Å²) >= 11 is 0. The quantitative estimate of drug-likeness (QED) is 0.464. The summed E-state index contributed by atoms with van der Waals surface area (Å²) in [6.07, 6.45) is 5.31. The highest BCUT2D eigenvalue weighted by molar-refractivity contribution is 8.76. The molecule has 0 aromatic carbocycles. The van der Waals surface area contributed by atoms with Gasteiger partial charge in [0.2, 0.25) is 12.8 Å². The predicted octanol–water partition coefficient (Wildman–Crippen LogP) is 3.40. The van der Waals surface area contributed by atoms with Crippen molar-refractivity contribution in [1.82, 2.24) is 14.9 Å². The van der Waals surface area contributed by atoms with Crippen LogP contribution >= 0.6 is 21.6 Å². The standard InChI is InChI=1S/C7H10N2O.C6H8N2.C6H13NOS2/c1-6-3-7(8-5-10)4-9(6)2;1-5-3-2-4-6(7)8-5;1-6(2,10-9-3)4-7-5-8/h3-5H,1-2H3,(H,8,10);2-4H,1H3,(H2,7,8);5H,4H2,1-3H3,(H,7,8). The number of nitrogens with two attached hydrogens (primary N) is 1. The number of rotatable bonds is 7. The molecule has 2 amide bonds. The Bertz CT molecular complexity index is 683. The van der Waals surface area contributed by atoms with E-state index in [1.807, 2.05) is 56.1 Å². The minimum Gasteiger partial charge on any atom is -0.384 e. The Morgan fingerprint density at radius 2 is 1.93 bits per heavy atom. The average molecular weight is 426 g/mol. The maximum Gasteiger partial charge on any atom is 0.211 e. The number of hydrogen-bond donors (Lipinski definition) is 3. The Kier molecular flexibility index (Phi) is 12.9. The molecule has 4 N–H and O–H groups in total. The number of carbonyl (C=O) groups is 2. The van der Waals surface area contributed by atoms with Gasteiger partial charge in [-0.05, 0) is 52.1 Å². The van der Waals surface area contributed by atoms with E-state index in [0.717, 1.165) is 30.0 Å². The van der Waals surface area contributed by atoms with Gasteiger partial charge in [0.15, 0.2) is 0 Å². The molecule has 0 aliphatic rings. The van der Waals surface area contributed by atoms with Crippen LogP contribution in [-0.4, -0.2) is 39.9 Å². The molecule has 2 rings (SSSR count). The Balaban J connectivity index is 0.000000393. The average Bonchev–Trinajstić information content (AvgIpc) is 2.92. The van der Waals surface area contributed by atoms with Crippen molar-refractivity contribution < 1.29 is 9.59 Å². The van der Waals surface area contributed by atoms with Gasteiger partial charge in [0.05, 0.1) is 5.69 Å². The van der Waals surface area contributed by atoms with E-state index in [-0.39, 0.29) is 4.75 Å². The van der Waals surface area contributed by atoms with E-state index in [1.54, 1.807) is 27.7 Å². The van der Waals surface area contributed by atoms with E-state index in [4.69, 9.17) is 5.73 Å². The number of nitrogens with zero attached hydrogens (tertiary/aromatic N) is 2. The van der Waals surface area contributed by atoms with Crippen LogP contribution in [0.15, 0.2) is 30.5 Å². The lowest BCUT2D eigenvalue weighted by Crippen LogP contribution is -2.30. The Labute approximate surface area is 175 Å². The monoisotopic (exact) mass is 425 g/mol. The minimum atomic E-state index is 0.139. The van der Waals surface area contributed by atoms with Crippen molar-refractivity contribution in [2.45, 2.75) is 32.4 Å². The second-order valence-corrected chi connectivity index (χ2v) is 9.56. The molecule has 9 heteroatoms. The number of aryl methyl sites for hydroxylation is 3. The molecule has 2 aromatic heterocycles. The molecule has 2 aromatic rings. The number of carbonyl (C=O) groups excluding carboxylic acids is 2. The fraction of sp³-hybridized carbons (Fsp3) is 0.421. The molecule has 0 atom stereocenters. The fourth-order valence-electron chi connectivity index (χ4n) is 1.93. The van der Waals surface area contributed by atoms with Crippen molar-refractivity contribution in [3.05, 3.63) is 41.9 Å². The number of pyridine rings is 1. The number of nitrogen functional groups attached to an aromatic ring is 1. The topological polar surface area (TPSA) is 102 Å². The Morgan fingerprint density at radius 1 is 1.25 bits per heavy atom. The molecule has 0 saturated carbocycles. The molecule has 2 heterocycles. The molecule has 0 aliphatic carbocycles. The first kappa shape index (κ1) is 25.9. The Morgan fingerprint density at radius 3 is 2.32 bits per heavy atom. The third-order valence-electron chi connectivity index (χ3n) is 3.31. The summed E-state index contributed by atoms with van der Waals surface area (Å²) in [5, 5.41) is 5.23. The van der Waals surface area contributed by atoms with Crippen LogP contribution in [0.3, 0.4) is 0 Å². The van der Waals surface area contributed by atoms with Gasteiger partial charge in [0.1, 0.15) is 5.82 Å². The number of nitrogens with one attached hydrogen (secondary N) is 2. The molecule has 0 fully saturated rings. The third kappa shape index (κ3) is 12.3. The van der Waals surface area contributed by atoms with E-state index >= 15 is 0 Å². The van der Waals surface area contributed by atoms with Crippen molar-refractivity contribution >= 4 is 45.9 Å². The zero-order chi connectivity index (χ0) is 21.6. The molecule has 28 heavy (non-hydrogen) atoms. The maximum atomic E-state index is 9.97. The summed E-state index contributed by atoms with van der Waals surface area (Å²) in [6, 6.07) is 7.48. The normalized spacial score (nSPS) is 9.93. The summed E-state index contributed by atoms with van der Waals surface area (Å²) in [7, 11) is 5.42. The van der Waals surface area contributed by atoms with Crippen molar-refractivity contribution in [3.8, 4) is 0 Å². The zero-order valence-corrected chi connectivity index (χ0v) is 19.0. The van der Waals surface area contributed by atoms with E-state index < -0.39 is 0 Å². The van der Waals surface area contributed by atoms with Crippen LogP contribution in [0.4, 0.5) is 11.5 Å². The molecule has 0 bridgehead atoms. The molecule has 7 nitrogen and oxygen atoms in total. The highest BCUT2D eigenvalue weighted by Gasteiger charge is 2.16. The fourth-order valence-corrected chi connectivity index (χ4v) is 4.05. The summed E-state index contributed by atoms with van der Waals surface area (Å²) in [5.41, 5.74) is 8.28. The van der Waals surface area contributed by atoms with Crippen LogP contribution in [0.1, 0.15) is 25.2 Å². The van der Waals surface area contributed by atoms with Gasteiger partial charge in [-0.3, -0.25) is 9.59 Å². The summed E-state index contributed by atoms with van der Waals surface area (Å²) < 4.78 is 2.09. The van der Waals surface area contributed by atoms with Crippen molar-refractivity contribution in [2.75, 3.05) is 23.9 Å². The van der Waals surface area contributed by atoms with Gasteiger partial charge in [-0.15, -0.1) is 0 Å². The van der Waals surface area contributed by atoms with E-state index in [0.29, 0.717) is 12.2 Å². The van der Waals surface area contributed by atoms with Gasteiger partial charge in [-0.2, -0.15) is 0 Å². The summed E-state index contributed by atoms with van der Waals surface area (Å²) in [5.74, 6) is 0.588. The Hall–Kier alpha value is -2.13. The second-order valence-electron chi connectivity index (χ2n) is 6.46.